The van der Waals surface area contributed by atoms with E-state index in [-0.39, 0.29) is 36.1 Å². The molecule has 0 radical (unpaired) electrons. The Morgan fingerprint density at radius 2 is 1.87 bits per heavy atom. The number of hydrogen-bond donors (Lipinski definition) is 1. The molecule has 31 heavy (non-hydrogen) atoms. The maximum atomic E-state index is 13.0. The van der Waals surface area contributed by atoms with E-state index in [4.69, 9.17) is 4.52 Å². The molecule has 1 N–H and O–H groups in total. The van der Waals surface area contributed by atoms with Gasteiger partial charge in [-0.05, 0) is 18.4 Å². The van der Waals surface area contributed by atoms with E-state index in [0.717, 1.165) is 11.1 Å². The molecule has 1 atom stereocenters. The van der Waals surface area contributed by atoms with Crippen LogP contribution in [-0.2, 0) is 11.3 Å². The van der Waals surface area contributed by atoms with Crippen molar-refractivity contribution in [3.05, 3.63) is 82.4 Å². The summed E-state index contributed by atoms with van der Waals surface area (Å²) in [5, 5.41) is 7.30. The van der Waals surface area contributed by atoms with Crippen LogP contribution in [0.4, 0.5) is 0 Å². The average Bonchev–Trinajstić information content (AvgIpc) is 3.23. The van der Waals surface area contributed by atoms with Gasteiger partial charge in [-0.1, -0.05) is 72.2 Å². The molecule has 0 fully saturated rings. The highest BCUT2D eigenvalue weighted by Crippen LogP contribution is 2.24. The molecule has 0 aliphatic carbocycles. The SMILES string of the molecule is Cc1ccc(-c2noc3ncn(CCC(=O)NCC(C)c4ccccc4)c(=O)c23)cc1. The van der Waals surface area contributed by atoms with Gasteiger partial charge in [0.25, 0.3) is 11.3 Å². The molecule has 0 saturated heterocycles. The van der Waals surface area contributed by atoms with E-state index in [1.807, 2.05) is 61.5 Å². The summed E-state index contributed by atoms with van der Waals surface area (Å²) in [6.45, 7) is 4.82. The standard InChI is InChI=1S/C24H24N4O3/c1-16-8-10-19(11-9-16)22-21-23(31-27-22)26-15-28(24(21)30)13-12-20(29)25-14-17(2)18-6-4-3-5-7-18/h3-11,15,17H,12-14H2,1-2H3,(H,25,29). The molecule has 7 nitrogen and oxygen atoms in total. The van der Waals surface area contributed by atoms with Crippen molar-refractivity contribution >= 4 is 17.0 Å². The number of rotatable bonds is 7. The zero-order valence-electron chi connectivity index (χ0n) is 17.5. The third-order valence-corrected chi connectivity index (χ3v) is 5.34. The highest BCUT2D eigenvalue weighted by molar-refractivity contribution is 5.88. The number of nitrogens with one attached hydrogen (secondary N) is 1. The number of amides is 1. The van der Waals surface area contributed by atoms with Crippen LogP contribution in [0.15, 0.2) is 70.2 Å². The summed E-state index contributed by atoms with van der Waals surface area (Å²) in [5.74, 6) is 0.0961. The Labute approximate surface area is 179 Å². The van der Waals surface area contributed by atoms with Gasteiger partial charge < -0.3 is 9.84 Å². The lowest BCUT2D eigenvalue weighted by Crippen LogP contribution is -2.30. The highest BCUT2D eigenvalue weighted by atomic mass is 16.5. The van der Waals surface area contributed by atoms with Gasteiger partial charge in [0.05, 0.1) is 0 Å². The Kier molecular flexibility index (Phi) is 5.93. The van der Waals surface area contributed by atoms with Crippen molar-refractivity contribution in [1.29, 1.82) is 0 Å². The highest BCUT2D eigenvalue weighted by Gasteiger charge is 2.17. The van der Waals surface area contributed by atoms with E-state index in [9.17, 15) is 9.59 Å². The van der Waals surface area contributed by atoms with Gasteiger partial charge in [0, 0.05) is 25.1 Å². The topological polar surface area (TPSA) is 90.0 Å². The molecule has 0 saturated carbocycles. The molecule has 7 heteroatoms. The fourth-order valence-electron chi connectivity index (χ4n) is 3.43. The molecule has 1 amide bonds. The lowest BCUT2D eigenvalue weighted by molar-refractivity contribution is -0.121. The Bertz CT molecular complexity index is 1240. The molecule has 2 heterocycles. The Balaban J connectivity index is 1.44. The number of fused-ring (bicyclic) bond motifs is 1. The number of hydrogen-bond acceptors (Lipinski definition) is 5. The molecular formula is C24H24N4O3. The summed E-state index contributed by atoms with van der Waals surface area (Å²) >= 11 is 0. The zero-order valence-corrected chi connectivity index (χ0v) is 17.5. The van der Waals surface area contributed by atoms with Crippen LogP contribution >= 0.6 is 0 Å². The van der Waals surface area contributed by atoms with Crippen LogP contribution in [-0.4, -0.2) is 27.2 Å². The third kappa shape index (κ3) is 4.55. The minimum Gasteiger partial charge on any atom is -0.355 e. The Morgan fingerprint density at radius 3 is 2.61 bits per heavy atom. The minimum absolute atomic E-state index is 0.112. The third-order valence-electron chi connectivity index (χ3n) is 5.34. The van der Waals surface area contributed by atoms with Gasteiger partial charge in [-0.3, -0.25) is 14.2 Å². The van der Waals surface area contributed by atoms with Crippen molar-refractivity contribution in [2.45, 2.75) is 32.7 Å². The molecular weight excluding hydrogens is 392 g/mol. The van der Waals surface area contributed by atoms with Gasteiger partial charge in [-0.25, -0.2) is 4.98 Å². The van der Waals surface area contributed by atoms with E-state index in [1.165, 1.54) is 16.5 Å². The van der Waals surface area contributed by atoms with Gasteiger partial charge in [0.1, 0.15) is 17.4 Å². The number of carbonyl (C=O) groups is 1. The van der Waals surface area contributed by atoms with Gasteiger partial charge in [0.15, 0.2) is 0 Å². The predicted octanol–water partition coefficient (Wildman–Crippen LogP) is 3.67. The zero-order chi connectivity index (χ0) is 21.8. The molecule has 4 aromatic rings. The summed E-state index contributed by atoms with van der Waals surface area (Å²) < 4.78 is 6.68. The van der Waals surface area contributed by atoms with E-state index >= 15 is 0 Å². The van der Waals surface area contributed by atoms with Crippen LogP contribution in [0, 0.1) is 6.92 Å². The number of aromatic nitrogens is 3. The molecule has 158 valence electrons. The van der Waals surface area contributed by atoms with Crippen molar-refractivity contribution in [1.82, 2.24) is 20.0 Å². The molecule has 2 aromatic heterocycles. The van der Waals surface area contributed by atoms with Crippen LogP contribution in [0.2, 0.25) is 0 Å². The fourth-order valence-corrected chi connectivity index (χ4v) is 3.43. The smallest absolute Gasteiger partial charge is 0.266 e. The monoisotopic (exact) mass is 416 g/mol. The lowest BCUT2D eigenvalue weighted by Gasteiger charge is -2.13. The lowest BCUT2D eigenvalue weighted by atomic mass is 10.0. The normalized spacial score (nSPS) is 12.1. The van der Waals surface area contributed by atoms with E-state index < -0.39 is 0 Å². The van der Waals surface area contributed by atoms with E-state index in [0.29, 0.717) is 17.6 Å². The van der Waals surface area contributed by atoms with Gasteiger partial charge >= 0.3 is 0 Å². The van der Waals surface area contributed by atoms with Crippen LogP contribution in [0.3, 0.4) is 0 Å². The molecule has 0 aliphatic heterocycles. The molecule has 4 rings (SSSR count). The number of benzene rings is 2. The van der Waals surface area contributed by atoms with E-state index in [2.05, 4.69) is 22.4 Å². The van der Waals surface area contributed by atoms with Crippen molar-refractivity contribution in [2.24, 2.45) is 0 Å². The van der Waals surface area contributed by atoms with E-state index in [1.54, 1.807) is 0 Å². The number of nitrogens with zero attached hydrogens (tertiary/aromatic N) is 3. The summed E-state index contributed by atoms with van der Waals surface area (Å²) in [6.07, 6.45) is 1.58. The predicted molar refractivity (Wildman–Crippen MR) is 119 cm³/mol. The summed E-state index contributed by atoms with van der Waals surface area (Å²) in [7, 11) is 0. The molecule has 2 aromatic carbocycles. The summed E-state index contributed by atoms with van der Waals surface area (Å²) in [5.41, 5.74) is 3.45. The molecule has 0 spiro atoms. The first-order valence-corrected chi connectivity index (χ1v) is 10.3. The van der Waals surface area contributed by atoms with Crippen molar-refractivity contribution in [2.75, 3.05) is 6.54 Å². The largest absolute Gasteiger partial charge is 0.355 e. The summed E-state index contributed by atoms with van der Waals surface area (Å²) in [6, 6.07) is 17.7. The quantitative estimate of drug-likeness (QED) is 0.496. The van der Waals surface area contributed by atoms with Crippen molar-refractivity contribution in [3.63, 3.8) is 0 Å². The number of aryl methyl sites for hydroxylation is 2. The van der Waals surface area contributed by atoms with Crippen LogP contribution < -0.4 is 10.9 Å². The van der Waals surface area contributed by atoms with Gasteiger partial charge in [0.2, 0.25) is 5.91 Å². The van der Waals surface area contributed by atoms with Crippen molar-refractivity contribution in [3.8, 4) is 11.3 Å². The van der Waals surface area contributed by atoms with Crippen LogP contribution in [0.1, 0.15) is 30.4 Å². The molecule has 1 unspecified atom stereocenters. The maximum Gasteiger partial charge on any atom is 0.266 e. The second-order valence-corrected chi connectivity index (χ2v) is 7.69. The van der Waals surface area contributed by atoms with Crippen LogP contribution in [0.5, 0.6) is 0 Å². The maximum absolute atomic E-state index is 13.0. The Morgan fingerprint density at radius 1 is 1.13 bits per heavy atom. The second kappa shape index (κ2) is 8.95. The van der Waals surface area contributed by atoms with Gasteiger partial charge in [-0.2, -0.15) is 0 Å². The average molecular weight is 416 g/mol. The van der Waals surface area contributed by atoms with Crippen LogP contribution in [0.25, 0.3) is 22.4 Å². The fraction of sp³-hybridized carbons (Fsp3) is 0.250. The Hall–Kier alpha value is -3.74. The first-order valence-electron chi connectivity index (χ1n) is 10.3. The summed E-state index contributed by atoms with van der Waals surface area (Å²) in [4.78, 5) is 29.5. The van der Waals surface area contributed by atoms with Gasteiger partial charge in [-0.15, -0.1) is 0 Å². The number of carbonyl (C=O) groups excluding carboxylic acids is 1. The van der Waals surface area contributed by atoms with Crippen molar-refractivity contribution < 1.29 is 9.32 Å². The molecule has 0 bridgehead atoms. The first-order chi connectivity index (χ1) is 15.0. The minimum atomic E-state index is -0.271. The first kappa shape index (κ1) is 20.5. The second-order valence-electron chi connectivity index (χ2n) is 7.69. The molecule has 0 aliphatic rings.